The number of nitrogens with one attached hydrogen (secondary N) is 2. The van der Waals surface area contributed by atoms with Crippen LogP contribution in [0.5, 0.6) is 0 Å². The number of H-pyrrole nitrogens is 1. The van der Waals surface area contributed by atoms with Gasteiger partial charge < -0.3 is 29.7 Å². The second-order valence-electron chi connectivity index (χ2n) is 11.8. The predicted octanol–water partition coefficient (Wildman–Crippen LogP) is 3.62. The third kappa shape index (κ3) is 4.50. The Morgan fingerprint density at radius 2 is 1.48 bits per heavy atom. The molecule has 3 heterocycles. The molecule has 0 aliphatic carbocycles. The number of methoxy groups -OCH3 is 2. The second-order valence-corrected chi connectivity index (χ2v) is 11.8. The number of aromatic amines is 1. The highest BCUT2D eigenvalue weighted by Gasteiger charge is 2.78. The van der Waals surface area contributed by atoms with Gasteiger partial charge in [-0.2, -0.15) is 4.98 Å². The van der Waals surface area contributed by atoms with Crippen molar-refractivity contribution in [2.24, 2.45) is 5.92 Å². The number of benzene rings is 3. The molecule has 6 rings (SSSR count). The standard InChI is InChI=1S/C35H39N5O6/c1-23(2)20-36-32-38-30-28(31(43)39-32)37-22-40(30)35(34(44-3,45-4)29(42)27(21-41)46-35)33(24-14-8-5-9-15-24,25-16-10-6-11-17-25)26-18-12-7-13-19-26/h5-19,22-23,27,29,41-42H,20-21H2,1-4H3,(H2,36,38,39,43)/t27-,29-,35-/m1/s1. The van der Waals surface area contributed by atoms with Crippen molar-refractivity contribution < 1.29 is 24.4 Å². The molecule has 11 nitrogen and oxygen atoms in total. The predicted molar refractivity (Wildman–Crippen MR) is 173 cm³/mol. The molecule has 0 bridgehead atoms. The lowest BCUT2D eigenvalue weighted by Gasteiger charge is -2.55. The number of hydrogen-bond acceptors (Lipinski definition) is 9. The minimum absolute atomic E-state index is 0.0456. The minimum atomic E-state index is -2.01. The van der Waals surface area contributed by atoms with Gasteiger partial charge in [0.15, 0.2) is 11.2 Å². The summed E-state index contributed by atoms with van der Waals surface area (Å²) in [6.45, 7) is 4.08. The molecule has 11 heteroatoms. The molecule has 0 saturated carbocycles. The summed E-state index contributed by atoms with van der Waals surface area (Å²) in [5, 5.41) is 26.0. The Morgan fingerprint density at radius 1 is 0.957 bits per heavy atom. The van der Waals surface area contributed by atoms with Crippen LogP contribution in [0.15, 0.2) is 102 Å². The van der Waals surface area contributed by atoms with Crippen molar-refractivity contribution in [3.05, 3.63) is 124 Å². The van der Waals surface area contributed by atoms with Crippen molar-refractivity contribution in [2.45, 2.75) is 43.0 Å². The lowest BCUT2D eigenvalue weighted by Crippen LogP contribution is -2.69. The van der Waals surface area contributed by atoms with E-state index in [1.165, 1.54) is 20.5 Å². The Labute approximate surface area is 266 Å². The SMILES string of the molecule is COC1(OC)[C@H](O)[C@@H](CO)O[C@]1(n1cnc2c(=O)[nH]c(NCC(C)C)nc21)C(c1ccccc1)(c1ccccc1)c1ccccc1. The zero-order chi connectivity index (χ0) is 32.5. The van der Waals surface area contributed by atoms with Crippen LogP contribution < -0.4 is 10.9 Å². The molecule has 2 aromatic heterocycles. The largest absolute Gasteiger partial charge is 0.394 e. The molecule has 46 heavy (non-hydrogen) atoms. The quantitative estimate of drug-likeness (QED) is 0.128. The molecule has 5 aromatic rings. The van der Waals surface area contributed by atoms with Crippen molar-refractivity contribution in [3.8, 4) is 0 Å². The number of anilines is 1. The lowest BCUT2D eigenvalue weighted by molar-refractivity contribution is -0.337. The van der Waals surface area contributed by atoms with E-state index in [1.807, 2.05) is 105 Å². The third-order valence-electron chi connectivity index (χ3n) is 8.87. The first kappa shape index (κ1) is 31.6. The molecule has 4 N–H and O–H groups in total. The number of fused-ring (bicyclic) bond motifs is 1. The maximum absolute atomic E-state index is 13.5. The van der Waals surface area contributed by atoms with Crippen LogP contribution in [-0.4, -0.2) is 75.1 Å². The van der Waals surface area contributed by atoms with Crippen molar-refractivity contribution >= 4 is 17.1 Å². The summed E-state index contributed by atoms with van der Waals surface area (Å²) in [7, 11) is 2.84. The van der Waals surface area contributed by atoms with Gasteiger partial charge in [0.1, 0.15) is 12.2 Å². The molecular formula is C35H39N5O6. The summed E-state index contributed by atoms with van der Waals surface area (Å²) in [6, 6.07) is 29.1. The monoisotopic (exact) mass is 625 g/mol. The van der Waals surface area contributed by atoms with Crippen LogP contribution in [0.4, 0.5) is 5.95 Å². The maximum atomic E-state index is 13.5. The molecular weight excluding hydrogens is 586 g/mol. The van der Waals surface area contributed by atoms with Crippen molar-refractivity contribution in [1.29, 1.82) is 0 Å². The number of rotatable bonds is 11. The van der Waals surface area contributed by atoms with Crippen molar-refractivity contribution in [1.82, 2.24) is 19.5 Å². The van der Waals surface area contributed by atoms with E-state index >= 15 is 0 Å². The Balaban J connectivity index is 1.86. The first-order chi connectivity index (χ1) is 22.3. The molecule has 1 aliphatic rings. The zero-order valence-electron chi connectivity index (χ0n) is 26.3. The fraction of sp³-hybridized carbons (Fsp3) is 0.343. The molecule has 3 aromatic carbocycles. The summed E-state index contributed by atoms with van der Waals surface area (Å²) in [5.41, 5.74) is -1.34. The highest BCUT2D eigenvalue weighted by Crippen LogP contribution is 2.62. The molecule has 3 atom stereocenters. The number of ether oxygens (including phenoxy) is 3. The third-order valence-corrected chi connectivity index (χ3v) is 8.87. The zero-order valence-corrected chi connectivity index (χ0v) is 26.3. The van der Waals surface area contributed by atoms with Crippen LogP contribution in [0.3, 0.4) is 0 Å². The van der Waals surface area contributed by atoms with Gasteiger partial charge in [-0.3, -0.25) is 14.3 Å². The van der Waals surface area contributed by atoms with Crippen LogP contribution in [0, 0.1) is 5.92 Å². The summed E-state index contributed by atoms with van der Waals surface area (Å²) >= 11 is 0. The van der Waals surface area contributed by atoms with E-state index in [0.29, 0.717) is 6.54 Å². The molecule has 1 aliphatic heterocycles. The van der Waals surface area contributed by atoms with Crippen LogP contribution in [-0.2, 0) is 25.4 Å². The van der Waals surface area contributed by atoms with Gasteiger partial charge in [-0.15, -0.1) is 0 Å². The summed E-state index contributed by atoms with van der Waals surface area (Å²) in [6.07, 6.45) is -1.24. The number of hydrogen-bond donors (Lipinski definition) is 4. The van der Waals surface area contributed by atoms with Gasteiger partial charge in [0.2, 0.25) is 17.5 Å². The molecule has 0 unspecified atom stereocenters. The highest BCUT2D eigenvalue weighted by molar-refractivity contribution is 5.72. The molecule has 0 spiro atoms. The van der Waals surface area contributed by atoms with E-state index in [-0.39, 0.29) is 23.0 Å². The van der Waals surface area contributed by atoms with Gasteiger partial charge in [-0.25, -0.2) is 4.98 Å². The molecule has 240 valence electrons. The fourth-order valence-electron chi connectivity index (χ4n) is 6.98. The smallest absolute Gasteiger partial charge is 0.280 e. The average molecular weight is 626 g/mol. The number of aliphatic hydroxyl groups excluding tert-OH is 2. The summed E-state index contributed by atoms with van der Waals surface area (Å²) in [4.78, 5) is 25.7. The topological polar surface area (TPSA) is 144 Å². The van der Waals surface area contributed by atoms with E-state index < -0.39 is 41.3 Å². The van der Waals surface area contributed by atoms with Crippen LogP contribution in [0.2, 0.25) is 0 Å². The van der Waals surface area contributed by atoms with Crippen LogP contribution in [0.1, 0.15) is 30.5 Å². The molecule has 1 fully saturated rings. The maximum Gasteiger partial charge on any atom is 0.280 e. The van der Waals surface area contributed by atoms with E-state index in [9.17, 15) is 15.0 Å². The Morgan fingerprint density at radius 3 is 1.93 bits per heavy atom. The first-order valence-electron chi connectivity index (χ1n) is 15.3. The number of aromatic nitrogens is 4. The molecule has 1 saturated heterocycles. The van der Waals surface area contributed by atoms with E-state index in [4.69, 9.17) is 19.2 Å². The van der Waals surface area contributed by atoms with Gasteiger partial charge >= 0.3 is 0 Å². The lowest BCUT2D eigenvalue weighted by atomic mass is 9.59. The molecule has 0 radical (unpaired) electrons. The summed E-state index contributed by atoms with van der Waals surface area (Å²) in [5.74, 6) is -1.50. The van der Waals surface area contributed by atoms with Crippen LogP contribution >= 0.6 is 0 Å². The Hall–Kier alpha value is -4.39. The van der Waals surface area contributed by atoms with Gasteiger partial charge in [-0.1, -0.05) is 105 Å². The highest BCUT2D eigenvalue weighted by atomic mass is 16.7. The van der Waals surface area contributed by atoms with E-state index in [1.54, 1.807) is 4.57 Å². The van der Waals surface area contributed by atoms with Gasteiger partial charge in [-0.05, 0) is 22.6 Å². The van der Waals surface area contributed by atoms with Gasteiger partial charge in [0.05, 0.1) is 18.3 Å². The van der Waals surface area contributed by atoms with Gasteiger partial charge in [0.25, 0.3) is 5.56 Å². The van der Waals surface area contributed by atoms with E-state index in [0.717, 1.165) is 16.7 Å². The second kappa shape index (κ2) is 12.4. The number of aliphatic hydroxyl groups is 2. The van der Waals surface area contributed by atoms with E-state index in [2.05, 4.69) is 15.3 Å². The first-order valence-corrected chi connectivity index (χ1v) is 15.3. The number of nitrogens with zero attached hydrogens (tertiary/aromatic N) is 3. The minimum Gasteiger partial charge on any atom is -0.394 e. The summed E-state index contributed by atoms with van der Waals surface area (Å²) < 4.78 is 21.3. The van der Waals surface area contributed by atoms with Crippen molar-refractivity contribution in [3.63, 3.8) is 0 Å². The molecule has 0 amide bonds. The van der Waals surface area contributed by atoms with Crippen LogP contribution in [0.25, 0.3) is 11.2 Å². The Kier molecular flexibility index (Phi) is 8.53. The average Bonchev–Trinajstić information content (AvgIpc) is 3.63. The van der Waals surface area contributed by atoms with Gasteiger partial charge in [0, 0.05) is 20.8 Å². The normalized spacial score (nSPS) is 21.2. The number of imidazole rings is 1. The Bertz CT molecular complexity index is 1730. The van der Waals surface area contributed by atoms with Crippen molar-refractivity contribution in [2.75, 3.05) is 32.7 Å². The fourth-order valence-corrected chi connectivity index (χ4v) is 6.98.